The molecule has 14 heavy (non-hydrogen) atoms. The summed E-state index contributed by atoms with van der Waals surface area (Å²) in [5.74, 6) is 1.59. The Morgan fingerprint density at radius 3 is 2.50 bits per heavy atom. The molecule has 0 radical (unpaired) electrons. The van der Waals surface area contributed by atoms with Gasteiger partial charge in [-0.05, 0) is 33.6 Å². The van der Waals surface area contributed by atoms with Crippen LogP contribution in [0.4, 0.5) is 0 Å². The predicted octanol–water partition coefficient (Wildman–Crippen LogP) is 2.75. The average molecular weight is 209 g/mol. The van der Waals surface area contributed by atoms with Gasteiger partial charge in [0, 0.05) is 0 Å². The molecule has 1 aromatic rings. The van der Waals surface area contributed by atoms with Gasteiger partial charge in [-0.3, -0.25) is 0 Å². The largest absolute Gasteiger partial charge is 0.805 e. The maximum atomic E-state index is 11.3. The molecule has 0 fully saturated rings. The van der Waals surface area contributed by atoms with Crippen LogP contribution in [0.1, 0.15) is 19.4 Å². The highest BCUT2D eigenvalue weighted by Gasteiger charge is 1.93. The summed E-state index contributed by atoms with van der Waals surface area (Å²) in [6.07, 6.45) is 1.81. The zero-order valence-corrected chi connectivity index (χ0v) is 9.28. The molecule has 0 heterocycles. The first-order chi connectivity index (χ1) is 6.68. The lowest BCUT2D eigenvalue weighted by Gasteiger charge is -2.21. The van der Waals surface area contributed by atoms with E-state index < -0.39 is 8.38 Å². The lowest BCUT2D eigenvalue weighted by Crippen LogP contribution is -2.03. The summed E-state index contributed by atoms with van der Waals surface area (Å²) in [5.41, 5.74) is 1.03. The van der Waals surface area contributed by atoms with Crippen molar-refractivity contribution >= 4 is 14.5 Å². The van der Waals surface area contributed by atoms with E-state index in [0.717, 1.165) is 5.56 Å². The third-order valence-electron chi connectivity index (χ3n) is 1.50. The summed E-state index contributed by atoms with van der Waals surface area (Å²) in [4.78, 5) is 11.3. The highest BCUT2D eigenvalue weighted by Crippen LogP contribution is 2.30. The first kappa shape index (κ1) is 11.4. The quantitative estimate of drug-likeness (QED) is 0.714. The van der Waals surface area contributed by atoms with E-state index in [4.69, 9.17) is 4.52 Å². The second-order valence-corrected chi connectivity index (χ2v) is 4.25. The topological polar surface area (TPSA) is 32.3 Å². The first-order valence-corrected chi connectivity index (χ1v) is 5.79. The standard InChI is InChI=1S/C11H14O2P/c1-10(2)13-14(12)9-8-11-6-4-3-5-7-11/h3-10H,1-2H3/q-1/b9-8+. The molecule has 0 aliphatic heterocycles. The van der Waals surface area contributed by atoms with E-state index in [0.29, 0.717) is 0 Å². The van der Waals surface area contributed by atoms with Gasteiger partial charge >= 0.3 is 0 Å². The van der Waals surface area contributed by atoms with E-state index in [-0.39, 0.29) is 6.10 Å². The van der Waals surface area contributed by atoms with E-state index in [1.807, 2.05) is 44.2 Å². The van der Waals surface area contributed by atoms with Gasteiger partial charge in [-0.2, -0.15) is 0 Å². The molecule has 76 valence electrons. The fourth-order valence-electron chi connectivity index (χ4n) is 0.954. The van der Waals surface area contributed by atoms with Crippen LogP contribution in [0.2, 0.25) is 0 Å². The second-order valence-electron chi connectivity index (χ2n) is 3.17. The summed E-state index contributed by atoms with van der Waals surface area (Å²) in [6.45, 7) is 3.73. The van der Waals surface area contributed by atoms with Gasteiger partial charge in [0.25, 0.3) is 0 Å². The van der Waals surface area contributed by atoms with E-state index in [2.05, 4.69) is 0 Å². The zero-order chi connectivity index (χ0) is 10.4. The van der Waals surface area contributed by atoms with Crippen LogP contribution < -0.4 is 4.89 Å². The van der Waals surface area contributed by atoms with Crippen LogP contribution in [0.25, 0.3) is 6.08 Å². The smallest absolute Gasteiger partial charge is 0.0549 e. The van der Waals surface area contributed by atoms with Crippen molar-refractivity contribution in [2.24, 2.45) is 0 Å². The fraction of sp³-hybridized carbons (Fsp3) is 0.273. The SMILES string of the molecule is CC(C)OP([O-])/C=C/c1ccccc1. The molecule has 1 aromatic carbocycles. The molecule has 0 bridgehead atoms. The molecular weight excluding hydrogens is 195 g/mol. The van der Waals surface area contributed by atoms with Crippen molar-refractivity contribution < 1.29 is 9.42 Å². The fourth-order valence-corrected chi connectivity index (χ4v) is 1.73. The van der Waals surface area contributed by atoms with Gasteiger partial charge in [0.2, 0.25) is 0 Å². The van der Waals surface area contributed by atoms with Crippen LogP contribution >= 0.6 is 8.38 Å². The van der Waals surface area contributed by atoms with Gasteiger partial charge < -0.3 is 9.42 Å². The van der Waals surface area contributed by atoms with Crippen molar-refractivity contribution in [3.63, 3.8) is 0 Å². The second kappa shape index (κ2) is 5.92. The summed E-state index contributed by atoms with van der Waals surface area (Å²) < 4.78 is 5.09. The Labute approximate surface area is 86.1 Å². The molecule has 0 aliphatic rings. The van der Waals surface area contributed by atoms with Crippen LogP contribution in [0.3, 0.4) is 0 Å². The Kier molecular flexibility index (Phi) is 4.81. The van der Waals surface area contributed by atoms with Crippen molar-refractivity contribution in [3.05, 3.63) is 41.7 Å². The van der Waals surface area contributed by atoms with Crippen molar-refractivity contribution in [2.75, 3.05) is 0 Å². The first-order valence-electron chi connectivity index (χ1n) is 4.55. The number of rotatable bonds is 4. The molecule has 1 atom stereocenters. The zero-order valence-electron chi connectivity index (χ0n) is 8.38. The molecule has 0 saturated carbocycles. The van der Waals surface area contributed by atoms with E-state index in [1.165, 1.54) is 0 Å². The maximum absolute atomic E-state index is 11.3. The Bertz CT molecular complexity index is 283. The molecule has 1 unspecified atom stereocenters. The minimum Gasteiger partial charge on any atom is -0.805 e. The number of hydrogen-bond donors (Lipinski definition) is 0. The number of benzene rings is 1. The highest BCUT2D eigenvalue weighted by atomic mass is 31.2. The lowest BCUT2D eigenvalue weighted by molar-refractivity contribution is -0.179. The summed E-state index contributed by atoms with van der Waals surface area (Å²) in [7, 11) is -1.67. The summed E-state index contributed by atoms with van der Waals surface area (Å²) in [5, 5.41) is 0. The minimum absolute atomic E-state index is 0.000894. The molecule has 0 N–H and O–H groups in total. The Morgan fingerprint density at radius 2 is 1.93 bits per heavy atom. The Balaban J connectivity index is 2.48. The van der Waals surface area contributed by atoms with Crippen molar-refractivity contribution in [2.45, 2.75) is 20.0 Å². The summed E-state index contributed by atoms with van der Waals surface area (Å²) in [6, 6.07) is 9.73. The molecule has 0 spiro atoms. The predicted molar refractivity (Wildman–Crippen MR) is 58.6 cm³/mol. The Hall–Kier alpha value is -0.690. The molecule has 3 heteroatoms. The van der Waals surface area contributed by atoms with Crippen LogP contribution in [-0.2, 0) is 4.52 Å². The van der Waals surface area contributed by atoms with Crippen molar-refractivity contribution in [3.8, 4) is 0 Å². The van der Waals surface area contributed by atoms with Gasteiger partial charge in [0.05, 0.1) is 6.10 Å². The molecule has 2 nitrogen and oxygen atoms in total. The Morgan fingerprint density at radius 1 is 1.29 bits per heavy atom. The van der Waals surface area contributed by atoms with Gasteiger partial charge in [-0.1, -0.05) is 36.4 Å². The van der Waals surface area contributed by atoms with Gasteiger partial charge in [0.1, 0.15) is 0 Å². The molecular formula is C11H14O2P-. The molecule has 0 aliphatic carbocycles. The average Bonchev–Trinajstić information content (AvgIpc) is 2.15. The normalized spacial score (nSPS) is 13.7. The van der Waals surface area contributed by atoms with E-state index in [1.54, 1.807) is 11.9 Å². The molecule has 0 aromatic heterocycles. The molecule has 0 saturated heterocycles. The van der Waals surface area contributed by atoms with Crippen molar-refractivity contribution in [1.29, 1.82) is 0 Å². The van der Waals surface area contributed by atoms with Crippen molar-refractivity contribution in [1.82, 2.24) is 0 Å². The van der Waals surface area contributed by atoms with Crippen LogP contribution in [-0.4, -0.2) is 6.10 Å². The van der Waals surface area contributed by atoms with E-state index in [9.17, 15) is 4.89 Å². The van der Waals surface area contributed by atoms with Crippen LogP contribution in [0.15, 0.2) is 36.1 Å². The minimum atomic E-state index is -1.67. The van der Waals surface area contributed by atoms with Crippen LogP contribution in [0, 0.1) is 0 Å². The molecule has 0 amide bonds. The van der Waals surface area contributed by atoms with E-state index >= 15 is 0 Å². The van der Waals surface area contributed by atoms with Gasteiger partial charge in [0.15, 0.2) is 0 Å². The third kappa shape index (κ3) is 4.52. The van der Waals surface area contributed by atoms with Crippen LogP contribution in [0.5, 0.6) is 0 Å². The third-order valence-corrected chi connectivity index (χ3v) is 2.52. The number of hydrogen-bond acceptors (Lipinski definition) is 2. The summed E-state index contributed by atoms with van der Waals surface area (Å²) >= 11 is 0. The molecule has 1 rings (SSSR count). The van der Waals surface area contributed by atoms with Gasteiger partial charge in [-0.25, -0.2) is 0 Å². The van der Waals surface area contributed by atoms with Gasteiger partial charge in [-0.15, -0.1) is 0 Å². The lowest BCUT2D eigenvalue weighted by atomic mass is 10.2. The highest BCUT2D eigenvalue weighted by molar-refractivity contribution is 7.48. The maximum Gasteiger partial charge on any atom is 0.0549 e. The monoisotopic (exact) mass is 209 g/mol.